The second-order valence-corrected chi connectivity index (χ2v) is 4.16. The van der Waals surface area contributed by atoms with Crippen LogP contribution in [0.5, 0.6) is 0 Å². The van der Waals surface area contributed by atoms with Crippen LogP contribution in [0.1, 0.15) is 27.2 Å². The van der Waals surface area contributed by atoms with Crippen molar-refractivity contribution in [3.8, 4) is 0 Å². The predicted octanol–water partition coefficient (Wildman–Crippen LogP) is -1.06. The van der Waals surface area contributed by atoms with Crippen LogP contribution in [0.4, 0.5) is 4.79 Å². The van der Waals surface area contributed by atoms with Crippen LogP contribution in [0.3, 0.4) is 0 Å². The molecular weight excluding hydrogens is 238 g/mol. The van der Waals surface area contributed by atoms with E-state index in [0.29, 0.717) is 13.0 Å². The van der Waals surface area contributed by atoms with Crippen LogP contribution in [0, 0.1) is 0 Å². The maximum Gasteiger partial charge on any atom is 0.321 e. The zero-order valence-electron chi connectivity index (χ0n) is 11.1. The Morgan fingerprint density at radius 3 is 2.17 bits per heavy atom. The molecule has 0 radical (unpaired) electrons. The molecule has 0 aromatic heterocycles. The largest absolute Gasteiger partial charge is 0.394 e. The minimum atomic E-state index is -0.919. The van der Waals surface area contributed by atoms with Crippen LogP contribution in [-0.4, -0.2) is 53.5 Å². The Morgan fingerprint density at radius 1 is 1.22 bits per heavy atom. The highest BCUT2D eigenvalue weighted by Gasteiger charge is 2.30. The Balaban J connectivity index is 4.42. The Morgan fingerprint density at radius 2 is 1.78 bits per heavy atom. The maximum absolute atomic E-state index is 11.7. The summed E-state index contributed by atoms with van der Waals surface area (Å²) >= 11 is 0. The van der Waals surface area contributed by atoms with Crippen LogP contribution >= 0.6 is 0 Å². The van der Waals surface area contributed by atoms with Gasteiger partial charge in [-0.3, -0.25) is 15.4 Å². The Kier molecular flexibility index (Phi) is 7.49. The molecular formula is C11H23N3O4. The minimum Gasteiger partial charge on any atom is -0.394 e. The minimum absolute atomic E-state index is 0.293. The van der Waals surface area contributed by atoms with Crippen LogP contribution in [0.25, 0.3) is 0 Å². The number of nitrogens with one attached hydrogen (secondary N) is 3. The smallest absolute Gasteiger partial charge is 0.321 e. The molecule has 0 aliphatic heterocycles. The van der Waals surface area contributed by atoms with E-state index in [1.54, 1.807) is 20.8 Å². The lowest BCUT2D eigenvalue weighted by Crippen LogP contribution is -2.59. The SMILES string of the molecule is CCNC(=O)NC(=O)C(C)NC(CC)(CO)CO. The molecule has 0 heterocycles. The second-order valence-electron chi connectivity index (χ2n) is 4.16. The molecule has 0 spiro atoms. The summed E-state index contributed by atoms with van der Waals surface area (Å²) in [4.78, 5) is 22.8. The van der Waals surface area contributed by atoms with Crippen molar-refractivity contribution in [2.24, 2.45) is 0 Å². The number of aliphatic hydroxyl groups excluding tert-OH is 2. The van der Waals surface area contributed by atoms with Crippen LogP contribution in [0.2, 0.25) is 0 Å². The average Bonchev–Trinajstić information content (AvgIpc) is 2.36. The fourth-order valence-electron chi connectivity index (χ4n) is 1.42. The van der Waals surface area contributed by atoms with E-state index in [9.17, 15) is 19.8 Å². The van der Waals surface area contributed by atoms with Gasteiger partial charge >= 0.3 is 6.03 Å². The number of aliphatic hydroxyl groups is 2. The summed E-state index contributed by atoms with van der Waals surface area (Å²) in [7, 11) is 0. The van der Waals surface area contributed by atoms with Gasteiger partial charge in [0.1, 0.15) is 0 Å². The van der Waals surface area contributed by atoms with E-state index in [1.165, 1.54) is 0 Å². The molecule has 0 saturated carbocycles. The lowest BCUT2D eigenvalue weighted by atomic mass is 9.97. The van der Waals surface area contributed by atoms with Crippen LogP contribution in [0.15, 0.2) is 0 Å². The Hall–Kier alpha value is -1.18. The molecule has 0 rings (SSSR count). The Labute approximate surface area is 107 Å². The molecule has 0 bridgehead atoms. The van der Waals surface area contributed by atoms with Crippen LogP contribution < -0.4 is 16.0 Å². The van der Waals surface area contributed by atoms with Gasteiger partial charge in [0, 0.05) is 6.54 Å². The summed E-state index contributed by atoms with van der Waals surface area (Å²) in [6.45, 7) is 4.92. The van der Waals surface area contributed by atoms with Crippen molar-refractivity contribution in [2.45, 2.75) is 38.8 Å². The standard InChI is InChI=1S/C11H23N3O4/c1-4-11(6-15,7-16)14-8(3)9(17)13-10(18)12-5-2/h8,14-16H,4-7H2,1-3H3,(H2,12,13,17,18). The molecule has 18 heavy (non-hydrogen) atoms. The van der Waals surface area contributed by atoms with Gasteiger partial charge in [-0.05, 0) is 20.3 Å². The number of urea groups is 1. The van der Waals surface area contributed by atoms with Gasteiger partial charge in [-0.15, -0.1) is 0 Å². The zero-order valence-corrected chi connectivity index (χ0v) is 11.1. The van der Waals surface area contributed by atoms with Gasteiger partial charge in [0.05, 0.1) is 24.8 Å². The molecule has 1 unspecified atom stereocenters. The van der Waals surface area contributed by atoms with Gasteiger partial charge in [-0.2, -0.15) is 0 Å². The van der Waals surface area contributed by atoms with Crippen molar-refractivity contribution in [1.82, 2.24) is 16.0 Å². The van der Waals surface area contributed by atoms with Crippen molar-refractivity contribution in [2.75, 3.05) is 19.8 Å². The third kappa shape index (κ3) is 4.99. The zero-order chi connectivity index (χ0) is 14.2. The summed E-state index contributed by atoms with van der Waals surface area (Å²) in [6, 6.07) is -1.27. The van der Waals surface area contributed by atoms with Gasteiger partial charge in [0.2, 0.25) is 5.91 Å². The highest BCUT2D eigenvalue weighted by molar-refractivity contribution is 5.96. The molecule has 7 heteroatoms. The molecule has 3 amide bonds. The molecule has 5 N–H and O–H groups in total. The average molecular weight is 261 g/mol. The summed E-state index contributed by atoms with van der Waals surface area (Å²) in [5.74, 6) is -0.513. The number of rotatable bonds is 7. The lowest BCUT2D eigenvalue weighted by Gasteiger charge is -2.32. The quantitative estimate of drug-likeness (QED) is 0.401. The molecule has 0 aliphatic rings. The maximum atomic E-state index is 11.7. The van der Waals surface area contributed by atoms with E-state index in [4.69, 9.17) is 0 Å². The molecule has 0 aromatic rings. The van der Waals surface area contributed by atoms with E-state index >= 15 is 0 Å². The van der Waals surface area contributed by atoms with Crippen molar-refractivity contribution in [1.29, 1.82) is 0 Å². The third-order valence-corrected chi connectivity index (χ3v) is 2.77. The first-order valence-electron chi connectivity index (χ1n) is 6.02. The van der Waals surface area contributed by atoms with Crippen molar-refractivity contribution < 1.29 is 19.8 Å². The normalized spacial score (nSPS) is 12.9. The predicted molar refractivity (Wildman–Crippen MR) is 67.0 cm³/mol. The lowest BCUT2D eigenvalue weighted by molar-refractivity contribution is -0.122. The number of carbonyl (C=O) groups excluding carboxylic acids is 2. The molecule has 1 atom stereocenters. The number of imide groups is 1. The fraction of sp³-hybridized carbons (Fsp3) is 0.818. The highest BCUT2D eigenvalue weighted by atomic mass is 16.3. The molecule has 7 nitrogen and oxygen atoms in total. The topological polar surface area (TPSA) is 111 Å². The van der Waals surface area contributed by atoms with Gasteiger partial charge in [0.25, 0.3) is 0 Å². The second kappa shape index (κ2) is 8.02. The van der Waals surface area contributed by atoms with E-state index in [-0.39, 0.29) is 13.2 Å². The molecule has 0 aromatic carbocycles. The van der Waals surface area contributed by atoms with E-state index in [2.05, 4.69) is 16.0 Å². The summed E-state index contributed by atoms with van der Waals surface area (Å²) < 4.78 is 0. The molecule has 106 valence electrons. The van der Waals surface area contributed by atoms with Gasteiger partial charge in [-0.25, -0.2) is 4.79 Å². The van der Waals surface area contributed by atoms with Crippen LogP contribution in [-0.2, 0) is 4.79 Å². The third-order valence-electron chi connectivity index (χ3n) is 2.77. The molecule has 0 saturated heterocycles. The summed E-state index contributed by atoms with van der Waals surface area (Å²) in [5, 5.41) is 25.9. The summed E-state index contributed by atoms with van der Waals surface area (Å²) in [6.07, 6.45) is 0.457. The first kappa shape index (κ1) is 16.8. The summed E-state index contributed by atoms with van der Waals surface area (Å²) in [5.41, 5.74) is -0.919. The van der Waals surface area contributed by atoms with Crippen molar-refractivity contribution in [3.63, 3.8) is 0 Å². The Bertz CT molecular complexity index is 271. The van der Waals surface area contributed by atoms with E-state index in [1.807, 2.05) is 0 Å². The highest BCUT2D eigenvalue weighted by Crippen LogP contribution is 2.09. The number of hydrogen-bond acceptors (Lipinski definition) is 5. The molecule has 0 aliphatic carbocycles. The number of carbonyl (C=O) groups is 2. The fourth-order valence-corrected chi connectivity index (χ4v) is 1.42. The first-order chi connectivity index (χ1) is 8.44. The van der Waals surface area contributed by atoms with Gasteiger partial charge in [0.15, 0.2) is 0 Å². The van der Waals surface area contributed by atoms with Crippen molar-refractivity contribution >= 4 is 11.9 Å². The monoisotopic (exact) mass is 261 g/mol. The van der Waals surface area contributed by atoms with Gasteiger partial charge in [-0.1, -0.05) is 6.92 Å². The number of amides is 3. The number of hydrogen-bond donors (Lipinski definition) is 5. The molecule has 0 fully saturated rings. The first-order valence-corrected chi connectivity index (χ1v) is 6.02. The van der Waals surface area contributed by atoms with Crippen molar-refractivity contribution in [3.05, 3.63) is 0 Å². The van der Waals surface area contributed by atoms with E-state index in [0.717, 1.165) is 0 Å². The van der Waals surface area contributed by atoms with E-state index < -0.39 is 23.5 Å². The van der Waals surface area contributed by atoms with Gasteiger partial charge < -0.3 is 15.5 Å².